The lowest BCUT2D eigenvalue weighted by Crippen LogP contribution is -1.99. The summed E-state index contributed by atoms with van der Waals surface area (Å²) < 4.78 is 0. The molecule has 0 spiro atoms. The summed E-state index contributed by atoms with van der Waals surface area (Å²) in [6.07, 6.45) is 0.0350. The molecule has 1 aromatic rings. The molecule has 4 heteroatoms. The predicted octanol–water partition coefficient (Wildman–Crippen LogP) is 1.14. The van der Waals surface area contributed by atoms with Crippen molar-refractivity contribution >= 4 is 5.97 Å². The lowest BCUT2D eigenvalue weighted by Gasteiger charge is -1.98. The lowest BCUT2D eigenvalue weighted by molar-refractivity contribution is -0.194. The highest BCUT2D eigenvalue weighted by Gasteiger charge is 2.14. The van der Waals surface area contributed by atoms with E-state index in [-0.39, 0.29) is 6.42 Å². The van der Waals surface area contributed by atoms with Crippen molar-refractivity contribution in [1.82, 2.24) is 0 Å². The number of rotatable bonds is 2. The summed E-state index contributed by atoms with van der Waals surface area (Å²) in [6.45, 7) is 0.392. The van der Waals surface area contributed by atoms with Gasteiger partial charge in [-0.25, -0.2) is 0 Å². The highest BCUT2D eigenvalue weighted by Crippen LogP contribution is 2.26. The third-order valence-electron chi connectivity index (χ3n) is 1.84. The molecule has 0 fully saturated rings. The fourth-order valence-electron chi connectivity index (χ4n) is 1.27. The van der Waals surface area contributed by atoms with Gasteiger partial charge in [0.25, 0.3) is 0 Å². The van der Waals surface area contributed by atoms with E-state index < -0.39 is 5.97 Å². The molecule has 1 heterocycles. The molecular formula is C9H8O4. The van der Waals surface area contributed by atoms with E-state index in [9.17, 15) is 4.79 Å². The van der Waals surface area contributed by atoms with Crippen molar-refractivity contribution < 1.29 is 19.7 Å². The molecule has 0 aliphatic carbocycles. The molecule has 0 saturated heterocycles. The molecule has 0 amide bonds. The van der Waals surface area contributed by atoms with Crippen LogP contribution < -0.4 is 4.89 Å². The SMILES string of the molecule is O=C(O)Cc1ccc2c(c1)COO2. The molecule has 1 N–H and O–H groups in total. The first-order valence-corrected chi connectivity index (χ1v) is 3.89. The summed E-state index contributed by atoms with van der Waals surface area (Å²) >= 11 is 0. The van der Waals surface area contributed by atoms with Gasteiger partial charge in [0.15, 0.2) is 5.75 Å². The van der Waals surface area contributed by atoms with Gasteiger partial charge in [-0.1, -0.05) is 6.07 Å². The first-order valence-electron chi connectivity index (χ1n) is 3.89. The topological polar surface area (TPSA) is 55.8 Å². The van der Waals surface area contributed by atoms with Crippen LogP contribution in [0, 0.1) is 0 Å². The fraction of sp³-hybridized carbons (Fsp3) is 0.222. The number of benzene rings is 1. The van der Waals surface area contributed by atoms with E-state index in [4.69, 9.17) is 14.9 Å². The van der Waals surface area contributed by atoms with Crippen molar-refractivity contribution in [1.29, 1.82) is 0 Å². The van der Waals surface area contributed by atoms with Crippen LogP contribution in [-0.4, -0.2) is 11.1 Å². The first kappa shape index (κ1) is 8.07. The zero-order valence-electron chi connectivity index (χ0n) is 6.82. The molecule has 0 radical (unpaired) electrons. The van der Waals surface area contributed by atoms with Crippen molar-refractivity contribution in [3.63, 3.8) is 0 Å². The van der Waals surface area contributed by atoms with Crippen molar-refractivity contribution in [2.75, 3.05) is 0 Å². The normalized spacial score (nSPS) is 13.5. The van der Waals surface area contributed by atoms with Crippen molar-refractivity contribution in [2.24, 2.45) is 0 Å². The molecule has 1 aliphatic rings. The largest absolute Gasteiger partial charge is 0.481 e. The average molecular weight is 180 g/mol. The predicted molar refractivity (Wildman–Crippen MR) is 43.2 cm³/mol. The summed E-state index contributed by atoms with van der Waals surface area (Å²) in [5, 5.41) is 8.55. The highest BCUT2D eigenvalue weighted by atomic mass is 17.2. The minimum atomic E-state index is -0.834. The molecule has 2 rings (SSSR count). The second kappa shape index (κ2) is 3.06. The number of carbonyl (C=O) groups is 1. The minimum absolute atomic E-state index is 0.0350. The maximum atomic E-state index is 10.4. The van der Waals surface area contributed by atoms with Crippen LogP contribution in [0.15, 0.2) is 18.2 Å². The monoisotopic (exact) mass is 180 g/mol. The van der Waals surface area contributed by atoms with Gasteiger partial charge in [-0.2, -0.15) is 4.89 Å². The van der Waals surface area contributed by atoms with Crippen LogP contribution in [0.25, 0.3) is 0 Å². The molecule has 13 heavy (non-hydrogen) atoms. The third kappa shape index (κ3) is 1.62. The van der Waals surface area contributed by atoms with Crippen LogP contribution in [0.5, 0.6) is 5.75 Å². The molecular weight excluding hydrogens is 172 g/mol. The first-order chi connectivity index (χ1) is 6.25. The summed E-state index contributed by atoms with van der Waals surface area (Å²) in [5.41, 5.74) is 1.67. The molecule has 0 unspecified atom stereocenters. The van der Waals surface area contributed by atoms with Gasteiger partial charge in [0.05, 0.1) is 6.42 Å². The number of carboxylic acids is 1. The Balaban J connectivity index is 2.25. The molecule has 0 saturated carbocycles. The summed E-state index contributed by atoms with van der Waals surface area (Å²) in [4.78, 5) is 19.9. The van der Waals surface area contributed by atoms with Crippen LogP contribution in [0.2, 0.25) is 0 Å². The zero-order chi connectivity index (χ0) is 9.26. The summed E-state index contributed by atoms with van der Waals surface area (Å²) in [5.74, 6) is -0.158. The van der Waals surface area contributed by atoms with Gasteiger partial charge in [-0.05, 0) is 17.7 Å². The molecule has 68 valence electrons. The Labute approximate surface area is 74.6 Å². The number of fused-ring (bicyclic) bond motifs is 1. The number of aliphatic carboxylic acids is 1. The van der Waals surface area contributed by atoms with Gasteiger partial charge < -0.3 is 9.99 Å². The Bertz CT molecular complexity index is 345. The van der Waals surface area contributed by atoms with E-state index in [0.717, 1.165) is 11.1 Å². The van der Waals surface area contributed by atoms with E-state index in [1.54, 1.807) is 18.2 Å². The summed E-state index contributed by atoms with van der Waals surface area (Å²) in [7, 11) is 0. The molecule has 0 atom stereocenters. The van der Waals surface area contributed by atoms with Crippen LogP contribution in [-0.2, 0) is 22.7 Å². The number of carboxylic acid groups (broad SMARTS) is 1. The molecule has 1 aliphatic heterocycles. The Hall–Kier alpha value is -1.55. The Morgan fingerprint density at radius 2 is 2.38 bits per heavy atom. The highest BCUT2D eigenvalue weighted by molar-refractivity contribution is 5.70. The van der Waals surface area contributed by atoms with Crippen molar-refractivity contribution in [2.45, 2.75) is 13.0 Å². The Morgan fingerprint density at radius 1 is 1.54 bits per heavy atom. The van der Waals surface area contributed by atoms with E-state index in [1.165, 1.54) is 0 Å². The zero-order valence-corrected chi connectivity index (χ0v) is 6.82. The average Bonchev–Trinajstić information content (AvgIpc) is 2.49. The number of hydrogen-bond donors (Lipinski definition) is 1. The maximum Gasteiger partial charge on any atom is 0.307 e. The Morgan fingerprint density at radius 3 is 3.15 bits per heavy atom. The van der Waals surface area contributed by atoms with Gasteiger partial charge in [0.1, 0.15) is 6.61 Å². The lowest BCUT2D eigenvalue weighted by atomic mass is 10.1. The van der Waals surface area contributed by atoms with Gasteiger partial charge in [-0.3, -0.25) is 4.79 Å². The quantitative estimate of drug-likeness (QED) is 0.693. The maximum absolute atomic E-state index is 10.4. The van der Waals surface area contributed by atoms with Gasteiger partial charge >= 0.3 is 5.97 Å². The smallest absolute Gasteiger partial charge is 0.307 e. The number of hydrogen-bond acceptors (Lipinski definition) is 3. The van der Waals surface area contributed by atoms with E-state index in [0.29, 0.717) is 12.4 Å². The Kier molecular flexibility index (Phi) is 1.90. The van der Waals surface area contributed by atoms with Crippen LogP contribution in [0.1, 0.15) is 11.1 Å². The molecule has 0 bridgehead atoms. The van der Waals surface area contributed by atoms with Crippen LogP contribution in [0.4, 0.5) is 0 Å². The van der Waals surface area contributed by atoms with Crippen molar-refractivity contribution in [3.05, 3.63) is 29.3 Å². The van der Waals surface area contributed by atoms with Gasteiger partial charge in [0, 0.05) is 5.56 Å². The molecule has 1 aromatic carbocycles. The fourth-order valence-corrected chi connectivity index (χ4v) is 1.27. The van der Waals surface area contributed by atoms with Crippen LogP contribution >= 0.6 is 0 Å². The van der Waals surface area contributed by atoms with Crippen LogP contribution in [0.3, 0.4) is 0 Å². The standard InChI is InChI=1S/C9H8O4/c10-9(11)4-6-1-2-8-7(3-6)5-12-13-8/h1-3H,4-5H2,(H,10,11). The van der Waals surface area contributed by atoms with Gasteiger partial charge in [0.2, 0.25) is 0 Å². The molecule has 4 nitrogen and oxygen atoms in total. The van der Waals surface area contributed by atoms with E-state index in [2.05, 4.69) is 0 Å². The second-order valence-electron chi connectivity index (χ2n) is 2.86. The van der Waals surface area contributed by atoms with E-state index in [1.807, 2.05) is 0 Å². The molecule has 0 aromatic heterocycles. The third-order valence-corrected chi connectivity index (χ3v) is 1.84. The van der Waals surface area contributed by atoms with Gasteiger partial charge in [-0.15, -0.1) is 0 Å². The van der Waals surface area contributed by atoms with Crippen molar-refractivity contribution in [3.8, 4) is 5.75 Å². The second-order valence-corrected chi connectivity index (χ2v) is 2.86. The van der Waals surface area contributed by atoms with E-state index >= 15 is 0 Å². The summed E-state index contributed by atoms with van der Waals surface area (Å²) in [6, 6.07) is 5.23. The minimum Gasteiger partial charge on any atom is -0.481 e.